The number of amides is 1. The van der Waals surface area contributed by atoms with E-state index in [0.29, 0.717) is 12.3 Å². The van der Waals surface area contributed by atoms with Gasteiger partial charge in [-0.2, -0.15) is 0 Å². The Morgan fingerprint density at radius 1 is 1.36 bits per heavy atom. The van der Waals surface area contributed by atoms with Gasteiger partial charge in [0, 0.05) is 13.0 Å². The second-order valence-electron chi connectivity index (χ2n) is 6.43. The van der Waals surface area contributed by atoms with E-state index in [2.05, 4.69) is 12.2 Å². The van der Waals surface area contributed by atoms with Crippen LogP contribution in [0.3, 0.4) is 0 Å². The van der Waals surface area contributed by atoms with Gasteiger partial charge in [0.15, 0.2) is 0 Å². The van der Waals surface area contributed by atoms with E-state index in [1.807, 2.05) is 24.3 Å². The number of ether oxygens (including phenoxy) is 1. The number of aliphatic hydroxyl groups is 1. The summed E-state index contributed by atoms with van der Waals surface area (Å²) in [7, 11) is 1.61. The summed E-state index contributed by atoms with van der Waals surface area (Å²) in [4.78, 5) is 12.0. The molecule has 22 heavy (non-hydrogen) atoms. The van der Waals surface area contributed by atoms with E-state index in [1.165, 1.54) is 12.8 Å². The van der Waals surface area contributed by atoms with Crippen LogP contribution < -0.4 is 10.1 Å². The summed E-state index contributed by atoms with van der Waals surface area (Å²) in [6.45, 7) is 2.52. The van der Waals surface area contributed by atoms with Gasteiger partial charge in [-0.15, -0.1) is 0 Å². The monoisotopic (exact) mass is 305 g/mol. The van der Waals surface area contributed by atoms with Gasteiger partial charge >= 0.3 is 0 Å². The second kappa shape index (κ2) is 8.18. The molecule has 0 spiro atoms. The van der Waals surface area contributed by atoms with E-state index in [1.54, 1.807) is 7.11 Å². The molecule has 4 heteroatoms. The summed E-state index contributed by atoms with van der Waals surface area (Å²) < 4.78 is 5.09. The highest BCUT2D eigenvalue weighted by atomic mass is 16.5. The lowest BCUT2D eigenvalue weighted by molar-refractivity contribution is -0.122. The van der Waals surface area contributed by atoms with E-state index in [0.717, 1.165) is 30.1 Å². The quantitative estimate of drug-likeness (QED) is 0.849. The predicted molar refractivity (Wildman–Crippen MR) is 86.7 cm³/mol. The molecule has 0 radical (unpaired) electrons. The van der Waals surface area contributed by atoms with Crippen LogP contribution in [0.5, 0.6) is 5.75 Å². The predicted octanol–water partition coefficient (Wildman–Crippen LogP) is 3.06. The Hall–Kier alpha value is -1.55. The zero-order valence-corrected chi connectivity index (χ0v) is 13.5. The van der Waals surface area contributed by atoms with Crippen molar-refractivity contribution >= 4 is 5.91 Å². The molecule has 0 aromatic heterocycles. The zero-order chi connectivity index (χ0) is 15.9. The van der Waals surface area contributed by atoms with Gasteiger partial charge in [-0.3, -0.25) is 4.79 Å². The fourth-order valence-electron chi connectivity index (χ4n) is 3.23. The minimum absolute atomic E-state index is 0.0478. The molecule has 122 valence electrons. The number of carbonyl (C=O) groups is 1. The highest BCUT2D eigenvalue weighted by molar-refractivity contribution is 5.76. The maximum atomic E-state index is 12.0. The molecule has 1 aromatic carbocycles. The molecule has 0 heterocycles. The first-order valence-electron chi connectivity index (χ1n) is 8.17. The summed E-state index contributed by atoms with van der Waals surface area (Å²) in [5.41, 5.74) is 0.785. The molecule has 1 aliphatic rings. The number of benzene rings is 1. The van der Waals surface area contributed by atoms with Crippen LogP contribution in [0.4, 0.5) is 0 Å². The lowest BCUT2D eigenvalue weighted by Crippen LogP contribution is -2.30. The Morgan fingerprint density at radius 2 is 2.09 bits per heavy atom. The topological polar surface area (TPSA) is 58.6 Å². The Labute approximate surface area is 132 Å². The van der Waals surface area contributed by atoms with Crippen molar-refractivity contribution in [2.45, 2.75) is 45.1 Å². The summed E-state index contributed by atoms with van der Waals surface area (Å²) in [5.74, 6) is 2.04. The fraction of sp³-hybridized carbons (Fsp3) is 0.611. The molecule has 1 amide bonds. The molecule has 1 aliphatic carbocycles. The molecule has 1 aromatic rings. The summed E-state index contributed by atoms with van der Waals surface area (Å²) in [6, 6.07) is 7.25. The van der Waals surface area contributed by atoms with E-state index >= 15 is 0 Å². The lowest BCUT2D eigenvalue weighted by Gasteiger charge is -2.26. The van der Waals surface area contributed by atoms with Crippen LogP contribution in [0.2, 0.25) is 0 Å². The Balaban J connectivity index is 1.75. The molecule has 3 unspecified atom stereocenters. The largest absolute Gasteiger partial charge is 0.497 e. The van der Waals surface area contributed by atoms with Crippen molar-refractivity contribution in [3.8, 4) is 5.75 Å². The number of carbonyl (C=O) groups excluding carboxylic acids is 1. The third-order valence-electron chi connectivity index (χ3n) is 4.51. The minimum atomic E-state index is -0.680. The van der Waals surface area contributed by atoms with Crippen LogP contribution in [0.1, 0.15) is 50.7 Å². The van der Waals surface area contributed by atoms with Gasteiger partial charge in [-0.1, -0.05) is 31.9 Å². The molecule has 2 N–H and O–H groups in total. The third-order valence-corrected chi connectivity index (χ3v) is 4.51. The summed E-state index contributed by atoms with van der Waals surface area (Å²) >= 11 is 0. The van der Waals surface area contributed by atoms with Crippen LogP contribution in [-0.4, -0.2) is 24.7 Å². The average Bonchev–Trinajstić information content (AvgIpc) is 2.52. The number of nitrogens with one attached hydrogen (secondary N) is 1. The van der Waals surface area contributed by atoms with Gasteiger partial charge in [-0.25, -0.2) is 0 Å². The first-order valence-corrected chi connectivity index (χ1v) is 8.17. The number of methoxy groups -OCH3 is 1. The van der Waals surface area contributed by atoms with Crippen molar-refractivity contribution in [2.24, 2.45) is 11.8 Å². The zero-order valence-electron chi connectivity index (χ0n) is 13.5. The SMILES string of the molecule is COc1ccc(C(O)CNC(=O)CC2CCCC(C)C2)cc1. The second-order valence-corrected chi connectivity index (χ2v) is 6.43. The van der Waals surface area contributed by atoms with E-state index in [4.69, 9.17) is 4.74 Å². The summed E-state index contributed by atoms with van der Waals surface area (Å²) in [6.07, 6.45) is 4.72. The van der Waals surface area contributed by atoms with Crippen molar-refractivity contribution in [1.29, 1.82) is 0 Å². The van der Waals surface area contributed by atoms with Gasteiger partial charge in [0.2, 0.25) is 5.91 Å². The van der Waals surface area contributed by atoms with Crippen LogP contribution in [-0.2, 0) is 4.79 Å². The first-order chi connectivity index (χ1) is 10.6. The number of rotatable bonds is 6. The molecular formula is C18H27NO3. The maximum Gasteiger partial charge on any atom is 0.220 e. The van der Waals surface area contributed by atoms with Crippen LogP contribution in [0.15, 0.2) is 24.3 Å². The Kier molecular flexibility index (Phi) is 6.25. The molecule has 0 aliphatic heterocycles. The lowest BCUT2D eigenvalue weighted by atomic mass is 9.81. The van der Waals surface area contributed by atoms with Crippen LogP contribution in [0.25, 0.3) is 0 Å². The van der Waals surface area contributed by atoms with Crippen LogP contribution >= 0.6 is 0 Å². The van der Waals surface area contributed by atoms with E-state index < -0.39 is 6.10 Å². The number of aliphatic hydroxyl groups excluding tert-OH is 1. The van der Waals surface area contributed by atoms with Gasteiger partial charge in [0.1, 0.15) is 5.75 Å². The van der Waals surface area contributed by atoms with Gasteiger partial charge < -0.3 is 15.2 Å². The first kappa shape index (κ1) is 16.8. The van der Waals surface area contributed by atoms with Crippen molar-refractivity contribution in [3.05, 3.63) is 29.8 Å². The van der Waals surface area contributed by atoms with Crippen molar-refractivity contribution in [3.63, 3.8) is 0 Å². The normalized spacial score (nSPS) is 22.9. The Morgan fingerprint density at radius 3 is 2.73 bits per heavy atom. The Bertz CT molecular complexity index is 472. The average molecular weight is 305 g/mol. The fourth-order valence-corrected chi connectivity index (χ4v) is 3.23. The van der Waals surface area contributed by atoms with Gasteiger partial charge in [-0.05, 0) is 42.4 Å². The van der Waals surface area contributed by atoms with Crippen LogP contribution in [0, 0.1) is 11.8 Å². The van der Waals surface area contributed by atoms with E-state index in [9.17, 15) is 9.90 Å². The molecule has 4 nitrogen and oxygen atoms in total. The van der Waals surface area contributed by atoms with Crippen molar-refractivity contribution in [1.82, 2.24) is 5.32 Å². The molecule has 1 fully saturated rings. The van der Waals surface area contributed by atoms with E-state index in [-0.39, 0.29) is 12.5 Å². The van der Waals surface area contributed by atoms with Crippen molar-refractivity contribution < 1.29 is 14.6 Å². The molecule has 3 atom stereocenters. The molecular weight excluding hydrogens is 278 g/mol. The molecule has 0 saturated heterocycles. The maximum absolute atomic E-state index is 12.0. The minimum Gasteiger partial charge on any atom is -0.497 e. The number of hydrogen-bond acceptors (Lipinski definition) is 3. The highest BCUT2D eigenvalue weighted by Crippen LogP contribution is 2.30. The van der Waals surface area contributed by atoms with Crippen molar-refractivity contribution in [2.75, 3.05) is 13.7 Å². The smallest absolute Gasteiger partial charge is 0.220 e. The highest BCUT2D eigenvalue weighted by Gasteiger charge is 2.21. The standard InChI is InChI=1S/C18H27NO3/c1-13-4-3-5-14(10-13)11-18(21)19-12-17(20)15-6-8-16(22-2)9-7-15/h6-9,13-14,17,20H,3-5,10-12H2,1-2H3,(H,19,21). The molecule has 1 saturated carbocycles. The summed E-state index contributed by atoms with van der Waals surface area (Å²) in [5, 5.41) is 13.0. The molecule has 2 rings (SSSR count). The van der Waals surface area contributed by atoms with Gasteiger partial charge in [0.25, 0.3) is 0 Å². The van der Waals surface area contributed by atoms with Gasteiger partial charge in [0.05, 0.1) is 13.2 Å². The third kappa shape index (κ3) is 5.02. The molecule has 0 bridgehead atoms. The number of hydrogen-bond donors (Lipinski definition) is 2.